The molecule has 0 spiro atoms. The van der Waals surface area contributed by atoms with Crippen molar-refractivity contribution in [2.75, 3.05) is 0 Å². The summed E-state index contributed by atoms with van der Waals surface area (Å²) in [5, 5.41) is 17.4. The topological polar surface area (TPSA) is 41.1 Å². The van der Waals surface area contributed by atoms with Crippen LogP contribution in [0.4, 0.5) is 0 Å². The van der Waals surface area contributed by atoms with Gasteiger partial charge in [0.05, 0.1) is 33.1 Å². The van der Waals surface area contributed by atoms with Gasteiger partial charge in [-0.2, -0.15) is 0 Å². The lowest BCUT2D eigenvalue weighted by Gasteiger charge is -2.14. The first-order valence-electron chi connectivity index (χ1n) is 43.2. The third-order valence-corrected chi connectivity index (χ3v) is 28.0. The molecule has 0 saturated carbocycles. The second kappa shape index (κ2) is 30.4. The second-order valence-electron chi connectivity index (χ2n) is 32.9. The SMILES string of the molecule is c1ccc(-c2cc(-c3ccccc3)cc(-n3c4ccccc4c4cc(-c5cccc6c5oc5ccccc56)ccc43)c2)cc1.c1ccc(-c2cc(-c3ccccc3)cc(-n3c4ccccc4c4cc(-c5cccc6c5sc5ccccc56)ccc43)c2)cc1.c1ccc2c(c1)oc1ccc(-n3c4ccccc4c4cc(-c5cccc6c5sc5ccccc56)ccc43)cc12. The molecule has 0 bridgehead atoms. The Balaban J connectivity index is 0.000000104. The summed E-state index contributed by atoms with van der Waals surface area (Å²) in [6.45, 7) is 0. The molecule has 0 N–H and O–H groups in total. The van der Waals surface area contributed by atoms with Crippen molar-refractivity contribution in [3.63, 3.8) is 0 Å². The normalized spacial score (nSPS) is 11.8. The summed E-state index contributed by atoms with van der Waals surface area (Å²) >= 11 is 3.77. The van der Waals surface area contributed by atoms with Gasteiger partial charge in [-0.3, -0.25) is 0 Å². The van der Waals surface area contributed by atoms with E-state index in [0.29, 0.717) is 0 Å². The van der Waals surface area contributed by atoms with E-state index >= 15 is 0 Å². The molecule has 0 saturated heterocycles. The van der Waals surface area contributed by atoms with Gasteiger partial charge >= 0.3 is 0 Å². The molecule has 594 valence electrons. The maximum atomic E-state index is 6.42. The molecule has 0 radical (unpaired) electrons. The Morgan fingerprint density at radius 2 is 0.472 bits per heavy atom. The lowest BCUT2D eigenvalue weighted by atomic mass is 9.98. The van der Waals surface area contributed by atoms with E-state index in [0.717, 1.165) is 72.1 Å². The first-order chi connectivity index (χ1) is 63.0. The van der Waals surface area contributed by atoms with Gasteiger partial charge in [-0.1, -0.05) is 322 Å². The van der Waals surface area contributed by atoms with Crippen LogP contribution in [0.1, 0.15) is 0 Å². The molecule has 0 amide bonds. The standard InChI is InChI=1S/C42H27NO.C42H27NS.C36H21NOS/c2*1-3-12-28(13-4-1)31-24-32(29-14-5-2-6-15-29)26-33(25-31)43-39-20-9-7-16-35(39)38-27-30(22-23-40(38)43)34-18-11-19-37-36-17-8-10-21-41(36)44-42(34)37;1-4-13-31-25(8-1)29-20-22(24-11-7-12-28-27-10-3-6-15-35(27)39-36(24)28)16-18-32(29)37(31)23-17-19-34-30(21-23)26-9-2-5-14-33(26)38-34/h2*1-27H;1-21H. The number of rotatable bonds is 10. The summed E-state index contributed by atoms with van der Waals surface area (Å²) in [4.78, 5) is 0. The van der Waals surface area contributed by atoms with E-state index in [1.165, 1.54) is 173 Å². The van der Waals surface area contributed by atoms with Crippen molar-refractivity contribution in [3.05, 3.63) is 455 Å². The monoisotopic (exact) mass is 1650 g/mol. The summed E-state index contributed by atoms with van der Waals surface area (Å²) in [6.07, 6.45) is 0. The minimum atomic E-state index is 0.916. The predicted molar refractivity (Wildman–Crippen MR) is 541 cm³/mol. The summed E-state index contributed by atoms with van der Waals surface area (Å²) in [7, 11) is 0. The second-order valence-corrected chi connectivity index (χ2v) is 35.0. The van der Waals surface area contributed by atoms with Crippen LogP contribution >= 0.6 is 22.7 Å². The number of aromatic nitrogens is 3. The number of hydrogen-bond acceptors (Lipinski definition) is 4. The van der Waals surface area contributed by atoms with Crippen LogP contribution in [-0.4, -0.2) is 13.7 Å². The average molecular weight is 1660 g/mol. The number of thiophene rings is 2. The van der Waals surface area contributed by atoms with Gasteiger partial charge in [0.25, 0.3) is 0 Å². The fourth-order valence-corrected chi connectivity index (χ4v) is 22.2. The Bertz CT molecular complexity index is 8560. The van der Waals surface area contributed by atoms with Crippen LogP contribution in [0.2, 0.25) is 0 Å². The fourth-order valence-electron chi connectivity index (χ4n) is 19.7. The molecule has 0 fully saturated rings. The molecule has 27 rings (SSSR count). The highest BCUT2D eigenvalue weighted by Gasteiger charge is 2.23. The molecular formula is C120H75N3O2S2. The first kappa shape index (κ1) is 73.5. The maximum absolute atomic E-state index is 6.42. The zero-order valence-corrected chi connectivity index (χ0v) is 70.4. The Morgan fingerprint density at radius 3 is 0.906 bits per heavy atom. The Hall–Kier alpha value is -16.2. The number of hydrogen-bond donors (Lipinski definition) is 0. The van der Waals surface area contributed by atoms with Crippen LogP contribution in [-0.2, 0) is 0 Å². The van der Waals surface area contributed by atoms with Gasteiger partial charge in [0.1, 0.15) is 22.3 Å². The molecule has 7 aromatic heterocycles. The minimum Gasteiger partial charge on any atom is -0.456 e. The van der Waals surface area contributed by atoms with Crippen molar-refractivity contribution >= 4 is 172 Å². The van der Waals surface area contributed by atoms with Gasteiger partial charge in [-0.25, -0.2) is 0 Å². The van der Waals surface area contributed by atoms with Gasteiger partial charge in [-0.15, -0.1) is 22.7 Å². The molecule has 20 aromatic carbocycles. The van der Waals surface area contributed by atoms with Crippen LogP contribution in [0.5, 0.6) is 0 Å². The highest BCUT2D eigenvalue weighted by atomic mass is 32.1. The Kier molecular flexibility index (Phi) is 17.6. The third kappa shape index (κ3) is 12.6. The molecule has 7 heterocycles. The molecule has 5 nitrogen and oxygen atoms in total. The number of nitrogens with zero attached hydrogens (tertiary/aromatic N) is 3. The summed E-state index contributed by atoms with van der Waals surface area (Å²) in [5.74, 6) is 0. The van der Waals surface area contributed by atoms with Crippen molar-refractivity contribution in [1.82, 2.24) is 13.7 Å². The van der Waals surface area contributed by atoms with Gasteiger partial charge in [0.2, 0.25) is 0 Å². The molecule has 0 atom stereocenters. The zero-order chi connectivity index (χ0) is 83.6. The number of benzene rings is 20. The number of furan rings is 2. The van der Waals surface area contributed by atoms with Crippen LogP contribution in [0.25, 0.3) is 245 Å². The van der Waals surface area contributed by atoms with Crippen LogP contribution in [0.3, 0.4) is 0 Å². The largest absolute Gasteiger partial charge is 0.456 e. The van der Waals surface area contributed by atoms with E-state index in [2.05, 4.69) is 444 Å². The van der Waals surface area contributed by atoms with E-state index in [4.69, 9.17) is 8.83 Å². The van der Waals surface area contributed by atoms with Crippen LogP contribution < -0.4 is 0 Å². The molecule has 0 aliphatic heterocycles. The molecule has 0 unspecified atom stereocenters. The Morgan fingerprint density at radius 1 is 0.157 bits per heavy atom. The maximum Gasteiger partial charge on any atom is 0.143 e. The van der Waals surface area contributed by atoms with Crippen molar-refractivity contribution in [2.24, 2.45) is 0 Å². The highest BCUT2D eigenvalue weighted by molar-refractivity contribution is 7.26. The van der Waals surface area contributed by atoms with Gasteiger partial charge in [0, 0.05) is 117 Å². The van der Waals surface area contributed by atoms with Gasteiger partial charge in [0.15, 0.2) is 0 Å². The fraction of sp³-hybridized carbons (Fsp3) is 0. The van der Waals surface area contributed by atoms with E-state index in [9.17, 15) is 0 Å². The van der Waals surface area contributed by atoms with Crippen LogP contribution in [0.15, 0.2) is 464 Å². The minimum absolute atomic E-state index is 0.916. The van der Waals surface area contributed by atoms with Crippen molar-refractivity contribution in [3.8, 4) is 95.0 Å². The van der Waals surface area contributed by atoms with E-state index in [1.807, 2.05) is 46.9 Å². The lowest BCUT2D eigenvalue weighted by Crippen LogP contribution is -1.96. The lowest BCUT2D eigenvalue weighted by molar-refractivity contribution is 0.669. The van der Waals surface area contributed by atoms with Crippen molar-refractivity contribution in [2.45, 2.75) is 0 Å². The molecule has 0 aliphatic carbocycles. The molecular weight excluding hydrogens is 1580 g/mol. The summed E-state index contributed by atoms with van der Waals surface area (Å²) in [5.41, 5.74) is 31.3. The van der Waals surface area contributed by atoms with E-state index in [-0.39, 0.29) is 0 Å². The zero-order valence-electron chi connectivity index (χ0n) is 68.8. The summed E-state index contributed by atoms with van der Waals surface area (Å²) < 4.78 is 25.1. The van der Waals surface area contributed by atoms with E-state index < -0.39 is 0 Å². The highest BCUT2D eigenvalue weighted by Crippen LogP contribution is 2.48. The number of fused-ring (bicyclic) bond motifs is 21. The Labute approximate surface area is 739 Å². The first-order valence-corrected chi connectivity index (χ1v) is 44.9. The van der Waals surface area contributed by atoms with Crippen molar-refractivity contribution < 1.29 is 8.83 Å². The quantitative estimate of drug-likeness (QED) is 0.137. The number of para-hydroxylation sites is 6. The summed E-state index contributed by atoms with van der Waals surface area (Å²) in [6, 6.07) is 164. The van der Waals surface area contributed by atoms with Gasteiger partial charge < -0.3 is 22.5 Å². The molecule has 27 aromatic rings. The van der Waals surface area contributed by atoms with Crippen molar-refractivity contribution in [1.29, 1.82) is 0 Å². The van der Waals surface area contributed by atoms with Crippen LogP contribution in [0, 0.1) is 0 Å². The van der Waals surface area contributed by atoms with Gasteiger partial charge in [-0.05, 0) is 206 Å². The third-order valence-electron chi connectivity index (χ3n) is 25.6. The van der Waals surface area contributed by atoms with E-state index in [1.54, 1.807) is 0 Å². The molecule has 127 heavy (non-hydrogen) atoms. The molecule has 7 heteroatoms. The predicted octanol–water partition coefficient (Wildman–Crippen LogP) is 34.6. The smallest absolute Gasteiger partial charge is 0.143 e. The molecule has 0 aliphatic rings. The average Bonchev–Trinajstić information content (AvgIpc) is 1.59.